The third-order valence-corrected chi connectivity index (χ3v) is 3.85. The van der Waals surface area contributed by atoms with Crippen LogP contribution in [0.15, 0.2) is 18.2 Å². The smallest absolute Gasteiger partial charge is 0.147 e. The Morgan fingerprint density at radius 3 is 2.29 bits per heavy atom. The van der Waals surface area contributed by atoms with Crippen LogP contribution in [0.1, 0.15) is 23.1 Å². The van der Waals surface area contributed by atoms with E-state index in [-0.39, 0.29) is 5.75 Å². The first-order valence-electron chi connectivity index (χ1n) is 5.83. The Morgan fingerprint density at radius 2 is 1.76 bits per heavy atom. The first-order valence-corrected chi connectivity index (χ1v) is 7.90. The second-order valence-corrected chi connectivity index (χ2v) is 6.79. The number of sulfone groups is 1. The van der Waals surface area contributed by atoms with Crippen LogP contribution in [0.3, 0.4) is 0 Å². The van der Waals surface area contributed by atoms with E-state index >= 15 is 0 Å². The van der Waals surface area contributed by atoms with Crippen LogP contribution in [0, 0.1) is 13.8 Å². The maximum Gasteiger partial charge on any atom is 0.147 e. The monoisotopic (exact) mass is 255 g/mol. The van der Waals surface area contributed by atoms with Gasteiger partial charge in [0, 0.05) is 12.8 Å². The number of rotatable bonds is 6. The highest BCUT2D eigenvalue weighted by Gasteiger charge is 2.03. The highest BCUT2D eigenvalue weighted by atomic mass is 32.2. The van der Waals surface area contributed by atoms with Gasteiger partial charge in [0.25, 0.3) is 0 Å². The van der Waals surface area contributed by atoms with Gasteiger partial charge >= 0.3 is 0 Å². The topological polar surface area (TPSA) is 46.2 Å². The molecule has 1 aromatic rings. The van der Waals surface area contributed by atoms with Crippen LogP contribution in [-0.2, 0) is 16.4 Å². The van der Waals surface area contributed by atoms with Gasteiger partial charge in [0.1, 0.15) is 9.84 Å². The SMILES string of the molecule is Cc1cccc(C)c1CNCCCS(C)(=O)=O. The second-order valence-electron chi connectivity index (χ2n) is 4.53. The van der Waals surface area contributed by atoms with Crippen molar-refractivity contribution in [2.45, 2.75) is 26.8 Å². The normalized spacial score (nSPS) is 11.7. The van der Waals surface area contributed by atoms with Crippen molar-refractivity contribution in [3.05, 3.63) is 34.9 Å². The maximum absolute atomic E-state index is 10.9. The lowest BCUT2D eigenvalue weighted by atomic mass is 10.0. The van der Waals surface area contributed by atoms with E-state index in [1.54, 1.807) is 0 Å². The van der Waals surface area contributed by atoms with Gasteiger partial charge in [0.2, 0.25) is 0 Å². The molecular formula is C13H21NO2S. The number of benzene rings is 1. The molecule has 0 heterocycles. The first kappa shape index (κ1) is 14.2. The van der Waals surface area contributed by atoms with Gasteiger partial charge in [-0.2, -0.15) is 0 Å². The summed E-state index contributed by atoms with van der Waals surface area (Å²) in [4.78, 5) is 0. The van der Waals surface area contributed by atoms with Crippen molar-refractivity contribution in [2.24, 2.45) is 0 Å². The molecule has 0 spiro atoms. The molecule has 0 bridgehead atoms. The molecule has 96 valence electrons. The minimum atomic E-state index is -2.83. The largest absolute Gasteiger partial charge is 0.313 e. The summed E-state index contributed by atoms with van der Waals surface area (Å²) in [5.41, 5.74) is 3.87. The Balaban J connectivity index is 2.37. The summed E-state index contributed by atoms with van der Waals surface area (Å²) >= 11 is 0. The van der Waals surface area contributed by atoms with Crippen molar-refractivity contribution in [2.75, 3.05) is 18.6 Å². The van der Waals surface area contributed by atoms with Crippen LogP contribution in [0.4, 0.5) is 0 Å². The summed E-state index contributed by atoms with van der Waals surface area (Å²) in [6.45, 7) is 5.74. The Bertz CT molecular complexity index is 446. The Labute approximate surface area is 104 Å². The molecule has 4 heteroatoms. The lowest BCUT2D eigenvalue weighted by Crippen LogP contribution is -2.18. The summed E-state index contributed by atoms with van der Waals surface area (Å²) in [5.74, 6) is 0.257. The molecule has 0 radical (unpaired) electrons. The molecule has 0 amide bonds. The third kappa shape index (κ3) is 5.33. The number of aryl methyl sites for hydroxylation is 2. The molecule has 0 aliphatic heterocycles. The van der Waals surface area contributed by atoms with Crippen molar-refractivity contribution in [3.8, 4) is 0 Å². The van der Waals surface area contributed by atoms with Crippen molar-refractivity contribution in [1.82, 2.24) is 5.32 Å². The molecule has 0 aliphatic rings. The van der Waals surface area contributed by atoms with Crippen LogP contribution in [-0.4, -0.2) is 27.0 Å². The lowest BCUT2D eigenvalue weighted by molar-refractivity contribution is 0.594. The van der Waals surface area contributed by atoms with Gasteiger partial charge in [-0.3, -0.25) is 0 Å². The zero-order valence-corrected chi connectivity index (χ0v) is 11.6. The minimum absolute atomic E-state index is 0.257. The summed E-state index contributed by atoms with van der Waals surface area (Å²) in [6.07, 6.45) is 1.95. The molecule has 0 atom stereocenters. The fraction of sp³-hybridized carbons (Fsp3) is 0.538. The van der Waals surface area contributed by atoms with E-state index in [1.807, 2.05) is 0 Å². The fourth-order valence-corrected chi connectivity index (χ4v) is 2.47. The van der Waals surface area contributed by atoms with Gasteiger partial charge in [0.15, 0.2) is 0 Å². The van der Waals surface area contributed by atoms with Crippen LogP contribution in [0.25, 0.3) is 0 Å². The molecule has 0 saturated carbocycles. The van der Waals surface area contributed by atoms with Gasteiger partial charge in [-0.15, -0.1) is 0 Å². The highest BCUT2D eigenvalue weighted by molar-refractivity contribution is 7.90. The van der Waals surface area contributed by atoms with Gasteiger partial charge in [-0.1, -0.05) is 18.2 Å². The van der Waals surface area contributed by atoms with E-state index in [0.29, 0.717) is 6.42 Å². The van der Waals surface area contributed by atoms with E-state index in [0.717, 1.165) is 13.1 Å². The Hall–Kier alpha value is -0.870. The summed E-state index contributed by atoms with van der Waals surface area (Å²) in [5, 5.41) is 3.29. The van der Waals surface area contributed by atoms with Gasteiger partial charge in [-0.25, -0.2) is 8.42 Å². The third-order valence-electron chi connectivity index (χ3n) is 2.81. The molecule has 0 fully saturated rings. The molecule has 0 aromatic heterocycles. The Morgan fingerprint density at radius 1 is 1.18 bits per heavy atom. The minimum Gasteiger partial charge on any atom is -0.313 e. The average molecular weight is 255 g/mol. The summed E-state index contributed by atoms with van der Waals surface area (Å²) in [7, 11) is -2.83. The summed E-state index contributed by atoms with van der Waals surface area (Å²) < 4.78 is 21.9. The van der Waals surface area contributed by atoms with Crippen molar-refractivity contribution in [1.29, 1.82) is 0 Å². The quantitative estimate of drug-likeness (QED) is 0.789. The average Bonchev–Trinajstić information content (AvgIpc) is 2.20. The highest BCUT2D eigenvalue weighted by Crippen LogP contribution is 2.12. The molecule has 0 saturated heterocycles. The predicted octanol–water partition coefficient (Wildman–Crippen LogP) is 1.83. The van der Waals surface area contributed by atoms with E-state index in [4.69, 9.17) is 0 Å². The van der Waals surface area contributed by atoms with Crippen molar-refractivity contribution >= 4 is 9.84 Å². The zero-order valence-electron chi connectivity index (χ0n) is 10.8. The van der Waals surface area contributed by atoms with Crippen molar-refractivity contribution < 1.29 is 8.42 Å². The second kappa shape index (κ2) is 6.17. The number of hydrogen-bond acceptors (Lipinski definition) is 3. The van der Waals surface area contributed by atoms with E-state index in [9.17, 15) is 8.42 Å². The van der Waals surface area contributed by atoms with E-state index < -0.39 is 9.84 Å². The maximum atomic E-state index is 10.9. The molecule has 1 aromatic carbocycles. The molecule has 1 rings (SSSR count). The van der Waals surface area contributed by atoms with E-state index in [1.165, 1.54) is 22.9 Å². The lowest BCUT2D eigenvalue weighted by Gasteiger charge is -2.10. The van der Waals surface area contributed by atoms with Gasteiger partial charge < -0.3 is 5.32 Å². The van der Waals surface area contributed by atoms with Gasteiger partial charge in [-0.05, 0) is 43.5 Å². The Kier molecular flexibility index (Phi) is 5.15. The predicted molar refractivity (Wildman–Crippen MR) is 72.0 cm³/mol. The summed E-state index contributed by atoms with van der Waals surface area (Å²) in [6, 6.07) is 6.25. The fourth-order valence-electron chi connectivity index (χ4n) is 1.80. The van der Waals surface area contributed by atoms with E-state index in [2.05, 4.69) is 37.4 Å². The molecular weight excluding hydrogens is 234 g/mol. The molecule has 3 nitrogen and oxygen atoms in total. The number of hydrogen-bond donors (Lipinski definition) is 1. The van der Waals surface area contributed by atoms with Gasteiger partial charge in [0.05, 0.1) is 5.75 Å². The molecule has 17 heavy (non-hydrogen) atoms. The molecule has 0 unspecified atom stereocenters. The number of nitrogens with one attached hydrogen (secondary N) is 1. The molecule has 0 aliphatic carbocycles. The first-order chi connectivity index (χ1) is 7.90. The molecule has 1 N–H and O–H groups in total. The standard InChI is InChI=1S/C13H21NO2S/c1-11-6-4-7-12(2)13(11)10-14-8-5-9-17(3,15)16/h4,6-7,14H,5,8-10H2,1-3H3. The van der Waals surface area contributed by atoms with Crippen LogP contribution < -0.4 is 5.32 Å². The zero-order chi connectivity index (χ0) is 12.9. The van der Waals surface area contributed by atoms with Crippen molar-refractivity contribution in [3.63, 3.8) is 0 Å². The van der Waals surface area contributed by atoms with Crippen LogP contribution >= 0.6 is 0 Å². The van der Waals surface area contributed by atoms with Crippen LogP contribution in [0.5, 0.6) is 0 Å². The van der Waals surface area contributed by atoms with Crippen LogP contribution in [0.2, 0.25) is 0 Å².